The van der Waals surface area contributed by atoms with Gasteiger partial charge in [0.05, 0.1) is 11.3 Å². The van der Waals surface area contributed by atoms with Crippen molar-refractivity contribution in [1.82, 2.24) is 4.98 Å². The van der Waals surface area contributed by atoms with Gasteiger partial charge in [-0.05, 0) is 12.3 Å². The highest BCUT2D eigenvalue weighted by molar-refractivity contribution is 7.15. The standard InChI is InChI=1S/C19H19NO4S/c1-11-16(20-17(25-11)12-7-5-4-6-8-12)15-13(21)9-19(2,3)10-14(15)24-18(22)23/h4-8H,9-10H2,1-3H3,(H,22,23). The maximum atomic E-state index is 12.7. The van der Waals surface area contributed by atoms with E-state index in [4.69, 9.17) is 9.84 Å². The second-order valence-corrected chi connectivity index (χ2v) is 8.10. The second kappa shape index (κ2) is 6.44. The zero-order valence-corrected chi connectivity index (χ0v) is 15.1. The molecule has 0 radical (unpaired) electrons. The van der Waals surface area contributed by atoms with Crippen LogP contribution >= 0.6 is 11.3 Å². The maximum absolute atomic E-state index is 12.7. The molecule has 0 saturated carbocycles. The summed E-state index contributed by atoms with van der Waals surface area (Å²) < 4.78 is 4.97. The normalized spacial score (nSPS) is 16.8. The van der Waals surface area contributed by atoms with Crippen LogP contribution in [0.15, 0.2) is 36.1 Å². The van der Waals surface area contributed by atoms with Gasteiger partial charge >= 0.3 is 6.16 Å². The average Bonchev–Trinajstić information content (AvgIpc) is 2.88. The zero-order valence-electron chi connectivity index (χ0n) is 14.3. The largest absolute Gasteiger partial charge is 0.511 e. The zero-order chi connectivity index (χ0) is 18.2. The molecule has 0 spiro atoms. The highest BCUT2D eigenvalue weighted by atomic mass is 32.1. The fourth-order valence-electron chi connectivity index (χ4n) is 3.05. The van der Waals surface area contributed by atoms with Crippen LogP contribution in [0.3, 0.4) is 0 Å². The van der Waals surface area contributed by atoms with Gasteiger partial charge in [-0.1, -0.05) is 44.2 Å². The van der Waals surface area contributed by atoms with Crippen LogP contribution < -0.4 is 0 Å². The number of rotatable bonds is 3. The molecule has 6 heteroatoms. The van der Waals surface area contributed by atoms with Crippen LogP contribution in [0.25, 0.3) is 16.1 Å². The number of nitrogens with zero attached hydrogens (tertiary/aromatic N) is 1. The van der Waals surface area contributed by atoms with Crippen molar-refractivity contribution < 1.29 is 19.4 Å². The molecule has 0 unspecified atom stereocenters. The number of aromatic nitrogens is 1. The highest BCUT2D eigenvalue weighted by Gasteiger charge is 2.37. The minimum Gasteiger partial charge on any atom is -0.449 e. The lowest BCUT2D eigenvalue weighted by molar-refractivity contribution is -0.116. The molecule has 25 heavy (non-hydrogen) atoms. The molecule has 3 rings (SSSR count). The molecule has 0 aliphatic heterocycles. The Bertz CT molecular complexity index is 865. The fraction of sp³-hybridized carbons (Fsp3) is 0.316. The number of ketones is 1. The van der Waals surface area contributed by atoms with Crippen molar-refractivity contribution in [1.29, 1.82) is 0 Å². The maximum Gasteiger partial charge on any atom is 0.511 e. The Morgan fingerprint density at radius 1 is 1.24 bits per heavy atom. The van der Waals surface area contributed by atoms with Crippen LogP contribution in [0.1, 0.15) is 37.3 Å². The van der Waals surface area contributed by atoms with Crippen LogP contribution in [0.2, 0.25) is 0 Å². The Balaban J connectivity index is 2.12. The minimum absolute atomic E-state index is 0.125. The van der Waals surface area contributed by atoms with E-state index >= 15 is 0 Å². The molecule has 0 fully saturated rings. The number of carbonyl (C=O) groups is 2. The first-order valence-electron chi connectivity index (χ1n) is 7.97. The first kappa shape index (κ1) is 17.4. The number of Topliss-reactive ketones (excluding diaryl/α,β-unsaturated/α-hetero) is 1. The van der Waals surface area contributed by atoms with Crippen molar-refractivity contribution in [2.45, 2.75) is 33.6 Å². The van der Waals surface area contributed by atoms with Gasteiger partial charge in [-0.15, -0.1) is 11.3 Å². The molecular weight excluding hydrogens is 338 g/mol. The number of thiazole rings is 1. The number of hydrogen-bond donors (Lipinski definition) is 1. The molecule has 0 amide bonds. The molecule has 2 aromatic rings. The topological polar surface area (TPSA) is 76.5 Å². The smallest absolute Gasteiger partial charge is 0.449 e. The van der Waals surface area contributed by atoms with Crippen LogP contribution in [0.4, 0.5) is 4.79 Å². The Labute approximate surface area is 150 Å². The molecule has 5 nitrogen and oxygen atoms in total. The summed E-state index contributed by atoms with van der Waals surface area (Å²) in [4.78, 5) is 29.3. The predicted molar refractivity (Wildman–Crippen MR) is 96.3 cm³/mol. The number of allylic oxidation sites excluding steroid dienone is 2. The van der Waals surface area contributed by atoms with Crippen LogP contribution in [-0.2, 0) is 9.53 Å². The lowest BCUT2D eigenvalue weighted by Gasteiger charge is -2.30. The van der Waals surface area contributed by atoms with E-state index in [1.807, 2.05) is 51.1 Å². The van der Waals surface area contributed by atoms with Crippen molar-refractivity contribution in [2.75, 3.05) is 0 Å². The molecule has 1 aromatic carbocycles. The number of carboxylic acid groups (broad SMARTS) is 1. The summed E-state index contributed by atoms with van der Waals surface area (Å²) in [5.74, 6) is 0.0715. The van der Waals surface area contributed by atoms with Gasteiger partial charge in [0.1, 0.15) is 10.8 Å². The van der Waals surface area contributed by atoms with Gasteiger partial charge in [-0.3, -0.25) is 4.79 Å². The number of benzene rings is 1. The number of carbonyl (C=O) groups excluding carboxylic acids is 1. The average molecular weight is 357 g/mol. The van der Waals surface area contributed by atoms with Crippen LogP contribution in [-0.4, -0.2) is 22.0 Å². The number of ether oxygens (including phenoxy) is 1. The van der Waals surface area contributed by atoms with E-state index in [0.717, 1.165) is 15.4 Å². The van der Waals surface area contributed by atoms with E-state index in [1.165, 1.54) is 11.3 Å². The van der Waals surface area contributed by atoms with Crippen molar-refractivity contribution in [3.05, 3.63) is 46.7 Å². The monoisotopic (exact) mass is 357 g/mol. The summed E-state index contributed by atoms with van der Waals surface area (Å²) in [5.41, 5.74) is 1.46. The Morgan fingerprint density at radius 3 is 2.56 bits per heavy atom. The fourth-order valence-corrected chi connectivity index (χ4v) is 3.98. The van der Waals surface area contributed by atoms with Crippen molar-refractivity contribution >= 4 is 28.8 Å². The first-order valence-corrected chi connectivity index (χ1v) is 8.79. The van der Waals surface area contributed by atoms with Crippen molar-refractivity contribution in [3.63, 3.8) is 0 Å². The number of hydrogen-bond acceptors (Lipinski definition) is 5. The van der Waals surface area contributed by atoms with Gasteiger partial charge in [0.15, 0.2) is 5.78 Å². The molecule has 1 aliphatic carbocycles. The Kier molecular flexibility index (Phi) is 4.47. The summed E-state index contributed by atoms with van der Waals surface area (Å²) >= 11 is 1.48. The van der Waals surface area contributed by atoms with E-state index in [1.54, 1.807) is 0 Å². The van der Waals surface area contributed by atoms with E-state index in [0.29, 0.717) is 24.1 Å². The molecular formula is C19H19NO4S. The first-order chi connectivity index (χ1) is 11.8. The third-order valence-electron chi connectivity index (χ3n) is 4.10. The van der Waals surface area contributed by atoms with Gasteiger partial charge in [-0.2, -0.15) is 0 Å². The summed E-state index contributed by atoms with van der Waals surface area (Å²) in [6, 6.07) is 9.70. The number of aryl methyl sites for hydroxylation is 1. The third-order valence-corrected chi connectivity index (χ3v) is 5.12. The molecule has 0 bridgehead atoms. The summed E-state index contributed by atoms with van der Waals surface area (Å²) in [6.07, 6.45) is -0.682. The lowest BCUT2D eigenvalue weighted by atomic mass is 9.76. The minimum atomic E-state index is -1.41. The quantitative estimate of drug-likeness (QED) is 0.790. The Hall–Kier alpha value is -2.47. The molecule has 1 heterocycles. The molecule has 130 valence electrons. The molecule has 0 saturated heterocycles. The molecule has 1 aromatic heterocycles. The van der Waals surface area contributed by atoms with E-state index in [2.05, 4.69) is 4.98 Å². The van der Waals surface area contributed by atoms with E-state index in [-0.39, 0.29) is 17.0 Å². The Morgan fingerprint density at radius 2 is 1.92 bits per heavy atom. The van der Waals surface area contributed by atoms with Gasteiger partial charge in [0.2, 0.25) is 0 Å². The van der Waals surface area contributed by atoms with Gasteiger partial charge in [-0.25, -0.2) is 9.78 Å². The highest BCUT2D eigenvalue weighted by Crippen LogP contribution is 2.42. The van der Waals surface area contributed by atoms with Crippen molar-refractivity contribution in [2.24, 2.45) is 5.41 Å². The predicted octanol–water partition coefficient (Wildman–Crippen LogP) is 4.91. The molecule has 0 atom stereocenters. The summed E-state index contributed by atoms with van der Waals surface area (Å²) in [7, 11) is 0. The molecule has 1 aliphatic rings. The van der Waals surface area contributed by atoms with Gasteiger partial charge in [0.25, 0.3) is 0 Å². The second-order valence-electron chi connectivity index (χ2n) is 6.90. The molecule has 1 N–H and O–H groups in total. The van der Waals surface area contributed by atoms with E-state index < -0.39 is 6.16 Å². The van der Waals surface area contributed by atoms with Gasteiger partial charge in [0, 0.05) is 23.3 Å². The SMILES string of the molecule is Cc1sc(-c2ccccc2)nc1C1=C(OC(=O)O)CC(C)(C)CC1=O. The van der Waals surface area contributed by atoms with Gasteiger partial charge < -0.3 is 9.84 Å². The van der Waals surface area contributed by atoms with Crippen LogP contribution in [0.5, 0.6) is 0 Å². The van der Waals surface area contributed by atoms with Crippen LogP contribution in [0, 0.1) is 12.3 Å². The summed E-state index contributed by atoms with van der Waals surface area (Å²) in [6.45, 7) is 5.74. The lowest BCUT2D eigenvalue weighted by Crippen LogP contribution is -2.27. The van der Waals surface area contributed by atoms with Crippen molar-refractivity contribution in [3.8, 4) is 10.6 Å². The van der Waals surface area contributed by atoms with E-state index in [9.17, 15) is 9.59 Å². The third kappa shape index (κ3) is 3.64. The summed E-state index contributed by atoms with van der Waals surface area (Å²) in [5, 5.41) is 9.85.